The lowest BCUT2D eigenvalue weighted by Gasteiger charge is -2.23. The number of ether oxygens (including phenoxy) is 2. The summed E-state index contributed by atoms with van der Waals surface area (Å²) in [4.78, 5) is 12.3. The summed E-state index contributed by atoms with van der Waals surface area (Å²) in [6, 6.07) is 13.5. The molecule has 0 atom stereocenters. The van der Waals surface area contributed by atoms with Gasteiger partial charge in [-0.25, -0.2) is 0 Å². The number of hydrogen-bond acceptors (Lipinski definition) is 3. The summed E-state index contributed by atoms with van der Waals surface area (Å²) >= 11 is 0. The van der Waals surface area contributed by atoms with Gasteiger partial charge < -0.3 is 14.8 Å². The van der Waals surface area contributed by atoms with Crippen molar-refractivity contribution in [3.63, 3.8) is 0 Å². The van der Waals surface area contributed by atoms with Crippen LogP contribution < -0.4 is 14.8 Å². The van der Waals surface area contributed by atoms with E-state index < -0.39 is 0 Å². The third kappa shape index (κ3) is 5.01. The van der Waals surface area contributed by atoms with Crippen molar-refractivity contribution in [2.45, 2.75) is 52.7 Å². The molecule has 0 unspecified atom stereocenters. The Kier molecular flexibility index (Phi) is 6.30. The van der Waals surface area contributed by atoms with E-state index >= 15 is 0 Å². The van der Waals surface area contributed by atoms with E-state index in [4.69, 9.17) is 9.47 Å². The molecule has 0 aromatic heterocycles. The minimum absolute atomic E-state index is 0.0142. The third-order valence-corrected chi connectivity index (χ3v) is 4.04. The topological polar surface area (TPSA) is 47.6 Å². The quantitative estimate of drug-likeness (QED) is 0.816. The van der Waals surface area contributed by atoms with Crippen LogP contribution in [0.4, 0.5) is 0 Å². The Labute approximate surface area is 156 Å². The van der Waals surface area contributed by atoms with E-state index in [0.29, 0.717) is 17.9 Å². The summed E-state index contributed by atoms with van der Waals surface area (Å²) in [6.07, 6.45) is 0. The number of carbonyl (C=O) groups is 1. The molecule has 2 rings (SSSR count). The van der Waals surface area contributed by atoms with Gasteiger partial charge in [0.15, 0.2) is 0 Å². The number of nitrogens with one attached hydrogen (secondary N) is 1. The molecule has 0 bridgehead atoms. The van der Waals surface area contributed by atoms with Gasteiger partial charge in [-0.05, 0) is 49.1 Å². The normalized spacial score (nSPS) is 11.3. The first-order chi connectivity index (χ1) is 12.2. The Balaban J connectivity index is 2.25. The highest BCUT2D eigenvalue weighted by molar-refractivity contribution is 5.94. The van der Waals surface area contributed by atoms with Gasteiger partial charge in [0.2, 0.25) is 0 Å². The van der Waals surface area contributed by atoms with Gasteiger partial charge in [-0.3, -0.25) is 4.79 Å². The monoisotopic (exact) mass is 355 g/mol. The molecule has 1 amide bonds. The summed E-state index contributed by atoms with van der Waals surface area (Å²) in [6.45, 7) is 10.7. The molecular formula is C22H29NO3. The minimum atomic E-state index is -0.0982. The van der Waals surface area contributed by atoms with Crippen molar-refractivity contribution >= 4 is 5.91 Å². The fourth-order valence-electron chi connectivity index (χ4n) is 2.75. The highest BCUT2D eigenvalue weighted by Crippen LogP contribution is 2.32. The van der Waals surface area contributed by atoms with E-state index in [0.717, 1.165) is 16.9 Å². The van der Waals surface area contributed by atoms with Crippen LogP contribution in [0.3, 0.4) is 0 Å². The van der Waals surface area contributed by atoms with E-state index in [1.165, 1.54) is 0 Å². The van der Waals surface area contributed by atoms with Crippen LogP contribution in [0.1, 0.15) is 56.1 Å². The lowest BCUT2D eigenvalue weighted by Crippen LogP contribution is -2.30. The van der Waals surface area contributed by atoms with E-state index in [9.17, 15) is 4.79 Å². The van der Waals surface area contributed by atoms with Crippen LogP contribution in [0, 0.1) is 0 Å². The molecule has 26 heavy (non-hydrogen) atoms. The molecule has 0 radical (unpaired) electrons. The summed E-state index contributed by atoms with van der Waals surface area (Å²) in [5, 5.41) is 2.91. The van der Waals surface area contributed by atoms with E-state index in [-0.39, 0.29) is 17.4 Å². The Bertz CT molecular complexity index is 760. The molecule has 4 heteroatoms. The maximum atomic E-state index is 12.3. The Hall–Kier alpha value is -2.49. The summed E-state index contributed by atoms with van der Waals surface area (Å²) in [5.74, 6) is 1.46. The SMILES string of the molecule is COc1ccc(C(=O)NC(C)C)cc1COc1ccccc1C(C)(C)C. The van der Waals surface area contributed by atoms with Gasteiger partial charge in [0, 0.05) is 17.2 Å². The largest absolute Gasteiger partial charge is 0.496 e. The molecule has 140 valence electrons. The van der Waals surface area contributed by atoms with Crippen LogP contribution in [0.5, 0.6) is 11.5 Å². The summed E-state index contributed by atoms with van der Waals surface area (Å²) < 4.78 is 11.5. The molecule has 2 aromatic rings. The summed E-state index contributed by atoms with van der Waals surface area (Å²) in [5.41, 5.74) is 2.57. The lowest BCUT2D eigenvalue weighted by molar-refractivity contribution is 0.0943. The molecule has 0 aliphatic rings. The van der Waals surface area contributed by atoms with Crippen LogP contribution >= 0.6 is 0 Å². The molecule has 0 saturated carbocycles. The van der Waals surface area contributed by atoms with E-state index in [1.54, 1.807) is 13.2 Å². The molecule has 4 nitrogen and oxygen atoms in total. The van der Waals surface area contributed by atoms with Gasteiger partial charge in [0.1, 0.15) is 18.1 Å². The number of hydrogen-bond donors (Lipinski definition) is 1. The van der Waals surface area contributed by atoms with E-state index in [1.807, 2.05) is 44.2 Å². The highest BCUT2D eigenvalue weighted by Gasteiger charge is 2.19. The fourth-order valence-corrected chi connectivity index (χ4v) is 2.75. The number of rotatable bonds is 6. The number of para-hydroxylation sites is 1. The minimum Gasteiger partial charge on any atom is -0.496 e. The molecule has 2 aromatic carbocycles. The molecule has 1 N–H and O–H groups in total. The predicted octanol–water partition coefficient (Wildman–Crippen LogP) is 4.71. The third-order valence-electron chi connectivity index (χ3n) is 4.04. The predicted molar refractivity (Wildman–Crippen MR) is 105 cm³/mol. The second-order valence-corrected chi connectivity index (χ2v) is 7.69. The van der Waals surface area contributed by atoms with Gasteiger partial charge in [-0.15, -0.1) is 0 Å². The van der Waals surface area contributed by atoms with Crippen LogP contribution in [0.15, 0.2) is 42.5 Å². The highest BCUT2D eigenvalue weighted by atomic mass is 16.5. The Morgan fingerprint density at radius 3 is 2.38 bits per heavy atom. The standard InChI is InChI=1S/C22H29NO3/c1-15(2)23-21(24)16-11-12-19(25-6)17(13-16)14-26-20-10-8-7-9-18(20)22(3,4)5/h7-13,15H,14H2,1-6H3,(H,23,24). The first-order valence-corrected chi connectivity index (χ1v) is 8.92. The van der Waals surface area contributed by atoms with Crippen molar-refractivity contribution in [1.82, 2.24) is 5.32 Å². The zero-order valence-corrected chi connectivity index (χ0v) is 16.6. The first kappa shape index (κ1) is 19.8. The molecular weight excluding hydrogens is 326 g/mol. The molecule has 0 spiro atoms. The smallest absolute Gasteiger partial charge is 0.251 e. The zero-order valence-electron chi connectivity index (χ0n) is 16.6. The average molecular weight is 355 g/mol. The van der Waals surface area contributed by atoms with Crippen LogP contribution in [0.2, 0.25) is 0 Å². The van der Waals surface area contributed by atoms with Gasteiger partial charge in [0.25, 0.3) is 5.91 Å². The van der Waals surface area contributed by atoms with Crippen LogP contribution in [-0.4, -0.2) is 19.1 Å². The van der Waals surface area contributed by atoms with Crippen LogP contribution in [-0.2, 0) is 12.0 Å². The van der Waals surface area contributed by atoms with Crippen LogP contribution in [0.25, 0.3) is 0 Å². The molecule has 0 heterocycles. The second-order valence-electron chi connectivity index (χ2n) is 7.69. The summed E-state index contributed by atoms with van der Waals surface area (Å²) in [7, 11) is 1.62. The number of methoxy groups -OCH3 is 1. The van der Waals surface area contributed by atoms with Gasteiger partial charge in [-0.2, -0.15) is 0 Å². The van der Waals surface area contributed by atoms with Crippen molar-refractivity contribution in [3.8, 4) is 11.5 Å². The van der Waals surface area contributed by atoms with Crippen molar-refractivity contribution < 1.29 is 14.3 Å². The first-order valence-electron chi connectivity index (χ1n) is 8.92. The number of amides is 1. The second kappa shape index (κ2) is 8.26. The maximum Gasteiger partial charge on any atom is 0.251 e. The molecule has 0 aliphatic heterocycles. The van der Waals surface area contributed by atoms with Gasteiger partial charge in [-0.1, -0.05) is 39.0 Å². The molecule has 0 fully saturated rings. The van der Waals surface area contributed by atoms with Gasteiger partial charge >= 0.3 is 0 Å². The van der Waals surface area contributed by atoms with Crippen molar-refractivity contribution in [2.75, 3.05) is 7.11 Å². The van der Waals surface area contributed by atoms with Crippen molar-refractivity contribution in [2.24, 2.45) is 0 Å². The van der Waals surface area contributed by atoms with Crippen molar-refractivity contribution in [1.29, 1.82) is 0 Å². The molecule has 0 saturated heterocycles. The Morgan fingerprint density at radius 2 is 1.77 bits per heavy atom. The average Bonchev–Trinajstić information content (AvgIpc) is 2.58. The molecule has 0 aliphatic carbocycles. The van der Waals surface area contributed by atoms with Crippen molar-refractivity contribution in [3.05, 3.63) is 59.2 Å². The number of carbonyl (C=O) groups excluding carboxylic acids is 1. The fraction of sp³-hybridized carbons (Fsp3) is 0.409. The van der Waals surface area contributed by atoms with Gasteiger partial charge in [0.05, 0.1) is 7.11 Å². The number of benzene rings is 2. The Morgan fingerprint density at radius 1 is 1.08 bits per heavy atom. The maximum absolute atomic E-state index is 12.3. The van der Waals surface area contributed by atoms with E-state index in [2.05, 4.69) is 32.2 Å². The lowest BCUT2D eigenvalue weighted by atomic mass is 9.86. The zero-order chi connectivity index (χ0) is 19.3.